The molecule has 2 heterocycles. The Morgan fingerprint density at radius 2 is 1.67 bits per heavy atom. The summed E-state index contributed by atoms with van der Waals surface area (Å²) in [6, 6.07) is 0. The summed E-state index contributed by atoms with van der Waals surface area (Å²) in [5.41, 5.74) is 2.06. The van der Waals surface area contributed by atoms with Crippen LogP contribution in [-0.4, -0.2) is 104 Å². The fraction of sp³-hybridized carbons (Fsp3) is 0.818. The first-order valence-corrected chi connectivity index (χ1v) is 16.6. The van der Waals surface area contributed by atoms with Crippen LogP contribution in [0.15, 0.2) is 4.99 Å². The molecular weight excluding hydrogens is 542 g/mol. The number of ether oxygens (including phenoxy) is 1. The Bertz CT molecular complexity index is 908. The third kappa shape index (κ3) is 15.8. The lowest BCUT2D eigenvalue weighted by molar-refractivity contribution is -0.108. The molecule has 1 aliphatic heterocycles. The third-order valence-electron chi connectivity index (χ3n) is 7.55. The third-order valence-corrected chi connectivity index (χ3v) is 7.55. The van der Waals surface area contributed by atoms with Crippen LogP contribution in [0.1, 0.15) is 109 Å². The van der Waals surface area contributed by atoms with E-state index in [-0.39, 0.29) is 11.3 Å². The Kier molecular flexibility index (Phi) is 20.0. The van der Waals surface area contributed by atoms with Gasteiger partial charge in [-0.15, -0.1) is 0 Å². The number of carbonyl (C=O) groups is 2. The molecule has 1 aromatic rings. The number of rotatable bonds is 13. The van der Waals surface area contributed by atoms with Gasteiger partial charge in [-0.25, -0.2) is 0 Å². The predicted octanol–water partition coefficient (Wildman–Crippen LogP) is 5.13. The fourth-order valence-electron chi connectivity index (χ4n) is 5.15. The van der Waals surface area contributed by atoms with Crippen molar-refractivity contribution in [3.8, 4) is 0 Å². The maximum atomic E-state index is 12.9. The molecule has 3 rings (SSSR count). The quantitative estimate of drug-likeness (QED) is 0.182. The van der Waals surface area contributed by atoms with Gasteiger partial charge in [-0.2, -0.15) is 5.10 Å². The molecule has 1 aromatic heterocycles. The summed E-state index contributed by atoms with van der Waals surface area (Å²) in [5, 5.41) is 11.0. The highest BCUT2D eigenvalue weighted by atomic mass is 16.5. The predicted molar refractivity (Wildman–Crippen MR) is 179 cm³/mol. The van der Waals surface area contributed by atoms with Gasteiger partial charge in [0.2, 0.25) is 0 Å². The number of aldehydes is 1. The van der Waals surface area contributed by atoms with Crippen LogP contribution in [0.2, 0.25) is 0 Å². The lowest BCUT2D eigenvalue weighted by Crippen LogP contribution is -2.32. The van der Waals surface area contributed by atoms with Crippen LogP contribution in [-0.2, 0) is 22.0 Å². The summed E-state index contributed by atoms with van der Waals surface area (Å²) < 4.78 is 6.79. The maximum Gasteiger partial charge on any atom is 0.271 e. The van der Waals surface area contributed by atoms with Gasteiger partial charge in [-0.3, -0.25) is 19.4 Å². The smallest absolute Gasteiger partial charge is 0.271 e. The topological polar surface area (TPSA) is 104 Å². The zero-order valence-corrected chi connectivity index (χ0v) is 28.7. The second-order valence-corrected chi connectivity index (χ2v) is 12.7. The van der Waals surface area contributed by atoms with Gasteiger partial charge in [0.15, 0.2) is 0 Å². The van der Waals surface area contributed by atoms with Gasteiger partial charge in [0.1, 0.15) is 12.0 Å². The zero-order chi connectivity index (χ0) is 32.1. The number of aliphatic imine (C=N–C) groups is 1. The zero-order valence-electron chi connectivity index (χ0n) is 28.7. The Hall–Kier alpha value is -2.30. The summed E-state index contributed by atoms with van der Waals surface area (Å²) >= 11 is 0. The molecule has 0 spiro atoms. The Morgan fingerprint density at radius 3 is 2.16 bits per heavy atom. The van der Waals surface area contributed by atoms with Gasteiger partial charge in [0.25, 0.3) is 5.91 Å². The Balaban J connectivity index is 0.000000442. The van der Waals surface area contributed by atoms with Gasteiger partial charge in [0, 0.05) is 38.6 Å². The number of morpholine rings is 1. The minimum Gasteiger partial charge on any atom is -0.379 e. The summed E-state index contributed by atoms with van der Waals surface area (Å²) in [7, 11) is 3.95. The van der Waals surface area contributed by atoms with E-state index in [0.717, 1.165) is 89.4 Å². The number of aromatic nitrogens is 2. The van der Waals surface area contributed by atoms with Crippen molar-refractivity contribution in [2.24, 2.45) is 18.0 Å². The number of nitrogens with one attached hydrogen (secondary N) is 2. The van der Waals surface area contributed by atoms with E-state index < -0.39 is 0 Å². The Labute approximate surface area is 262 Å². The average molecular weight is 606 g/mol. The van der Waals surface area contributed by atoms with Crippen LogP contribution in [0.4, 0.5) is 5.69 Å². The van der Waals surface area contributed by atoms with Crippen molar-refractivity contribution in [3.63, 3.8) is 0 Å². The first-order chi connectivity index (χ1) is 20.6. The molecule has 2 aliphatic rings. The van der Waals surface area contributed by atoms with Crippen LogP contribution in [0, 0.1) is 5.92 Å². The highest BCUT2D eigenvalue weighted by Crippen LogP contribution is 2.31. The first-order valence-electron chi connectivity index (χ1n) is 16.6. The number of hydrogen-bond acceptors (Lipinski definition) is 7. The van der Waals surface area contributed by atoms with Gasteiger partial charge < -0.3 is 25.1 Å². The van der Waals surface area contributed by atoms with Crippen molar-refractivity contribution in [3.05, 3.63) is 11.4 Å². The number of aryl methyl sites for hydroxylation is 1. The molecule has 1 aliphatic carbocycles. The highest BCUT2D eigenvalue weighted by molar-refractivity contribution is 6.01. The normalized spacial score (nSPS) is 16.3. The minimum atomic E-state index is -0.166. The molecule has 10 heteroatoms. The second kappa shape index (κ2) is 22.2. The highest BCUT2D eigenvalue weighted by Gasteiger charge is 2.29. The van der Waals surface area contributed by atoms with Crippen molar-refractivity contribution in [2.45, 2.75) is 98.3 Å². The van der Waals surface area contributed by atoms with Gasteiger partial charge >= 0.3 is 0 Å². The number of amides is 1. The lowest BCUT2D eigenvalue weighted by atomic mass is 9.89. The maximum absolute atomic E-state index is 12.9. The average Bonchev–Trinajstić information content (AvgIpc) is 3.33. The van der Waals surface area contributed by atoms with Crippen LogP contribution >= 0.6 is 0 Å². The summed E-state index contributed by atoms with van der Waals surface area (Å²) in [4.78, 5) is 31.8. The number of nitrogens with zero attached hydrogens (tertiary/aromatic N) is 5. The lowest BCUT2D eigenvalue weighted by Gasteiger charge is -2.22. The minimum absolute atomic E-state index is 0.0625. The van der Waals surface area contributed by atoms with Crippen LogP contribution < -0.4 is 10.6 Å². The molecule has 1 saturated carbocycles. The van der Waals surface area contributed by atoms with Crippen molar-refractivity contribution < 1.29 is 14.3 Å². The number of likely N-dealkylation sites (N-methyl/N-ethyl adjacent to an activating group) is 1. The molecular formula is C33H63N7O3. The van der Waals surface area contributed by atoms with Crippen LogP contribution in [0.25, 0.3) is 0 Å². The number of anilines is 1. The molecule has 2 fully saturated rings. The Morgan fingerprint density at radius 1 is 1.05 bits per heavy atom. The molecule has 10 nitrogen and oxygen atoms in total. The second-order valence-electron chi connectivity index (χ2n) is 12.7. The standard InChI is InChI=1S/C20H35N5O.C8H17NO.C5H11NO/c1-6-12-21-14-23-16-17(25(5)24-18(16)20(2,3)4)19(26)22-13-15-10-8-7-9-11-15;1-3-5-9(6-4-2)7-8-10;1-6-2-4-7-5-3-6/h14-15H,6-13H2,1-5H3,(H,21,23)(H,22,26);8H,3-7H2,1-2H3;2-5H2,1H3. The van der Waals surface area contributed by atoms with E-state index in [0.29, 0.717) is 18.2 Å². The summed E-state index contributed by atoms with van der Waals surface area (Å²) in [6.45, 7) is 20.9. The molecule has 1 amide bonds. The van der Waals surface area contributed by atoms with Crippen molar-refractivity contribution in [2.75, 3.05) is 71.4 Å². The monoisotopic (exact) mass is 605 g/mol. The van der Waals surface area contributed by atoms with E-state index in [4.69, 9.17) is 4.74 Å². The van der Waals surface area contributed by atoms with Crippen LogP contribution in [0.3, 0.4) is 0 Å². The van der Waals surface area contributed by atoms with E-state index in [9.17, 15) is 9.59 Å². The molecule has 248 valence electrons. The van der Waals surface area contributed by atoms with Crippen molar-refractivity contribution in [1.82, 2.24) is 24.9 Å². The van der Waals surface area contributed by atoms with E-state index in [2.05, 4.69) is 79.1 Å². The van der Waals surface area contributed by atoms with Gasteiger partial charge in [-0.05, 0) is 58.2 Å². The molecule has 0 bridgehead atoms. The number of hydrogen-bond donors (Lipinski definition) is 2. The molecule has 0 aromatic carbocycles. The molecule has 2 N–H and O–H groups in total. The van der Waals surface area contributed by atoms with Crippen molar-refractivity contribution in [1.29, 1.82) is 0 Å². The molecule has 1 saturated heterocycles. The van der Waals surface area contributed by atoms with Crippen molar-refractivity contribution >= 4 is 24.2 Å². The van der Waals surface area contributed by atoms with Crippen LogP contribution in [0.5, 0.6) is 0 Å². The summed E-state index contributed by atoms with van der Waals surface area (Å²) in [5.74, 6) is 0.540. The molecule has 0 radical (unpaired) electrons. The van der Waals surface area contributed by atoms with E-state index in [1.807, 2.05) is 7.05 Å². The molecule has 43 heavy (non-hydrogen) atoms. The number of carbonyl (C=O) groups excluding carboxylic acids is 2. The summed E-state index contributed by atoms with van der Waals surface area (Å²) in [6.07, 6.45) is 12.2. The van der Waals surface area contributed by atoms with Gasteiger partial charge in [-0.1, -0.05) is 60.8 Å². The molecule has 0 atom stereocenters. The first kappa shape index (κ1) is 38.7. The van der Waals surface area contributed by atoms with E-state index in [1.54, 1.807) is 11.0 Å². The SMILES string of the molecule is CCCN(CC=O)CCC.CCCN=CNc1c(C(C)(C)C)nn(C)c1C(=O)NCC1CCCCC1.CN1CCOCC1. The van der Waals surface area contributed by atoms with E-state index in [1.165, 1.54) is 32.1 Å². The molecule has 0 unspecified atom stereocenters. The van der Waals surface area contributed by atoms with E-state index >= 15 is 0 Å². The largest absolute Gasteiger partial charge is 0.379 e. The fourth-order valence-corrected chi connectivity index (χ4v) is 5.15. The van der Waals surface area contributed by atoms with Gasteiger partial charge in [0.05, 0.1) is 37.5 Å².